The van der Waals surface area contributed by atoms with Crippen molar-refractivity contribution in [2.45, 2.75) is 65.2 Å². The standard InChI is InChI=1S/C24H35NO4/c1-5-6-7-8-17-14-20(29-12-11-25)22(23(26)21(17)24(27)28)19-13-16(4)9-10-18(19)15(2)3/h13-14,18-19,26H,2,5-12,25H2,1,3-4H3,(H,27,28). The third-order valence-corrected chi connectivity index (χ3v) is 5.74. The molecule has 160 valence electrons. The molecule has 2 unspecified atom stereocenters. The van der Waals surface area contributed by atoms with Gasteiger partial charge in [0.05, 0.1) is 0 Å². The van der Waals surface area contributed by atoms with Crippen LogP contribution in [0, 0.1) is 5.92 Å². The average Bonchev–Trinajstić information content (AvgIpc) is 2.65. The number of aromatic carboxylic acids is 1. The summed E-state index contributed by atoms with van der Waals surface area (Å²) in [5.41, 5.74) is 9.04. The quantitative estimate of drug-likeness (QED) is 0.371. The van der Waals surface area contributed by atoms with Gasteiger partial charge in [-0.25, -0.2) is 4.79 Å². The van der Waals surface area contributed by atoms with Gasteiger partial charge in [0.2, 0.25) is 0 Å². The van der Waals surface area contributed by atoms with Gasteiger partial charge in [-0.15, -0.1) is 0 Å². The van der Waals surface area contributed by atoms with Crippen LogP contribution in [0.5, 0.6) is 11.5 Å². The Morgan fingerprint density at radius 3 is 2.69 bits per heavy atom. The number of carboxylic acids is 1. The molecule has 0 saturated carbocycles. The lowest BCUT2D eigenvalue weighted by Gasteiger charge is -2.32. The number of carbonyl (C=O) groups is 1. The molecule has 0 amide bonds. The van der Waals surface area contributed by atoms with E-state index in [0.717, 1.165) is 37.7 Å². The molecule has 0 fully saturated rings. The second-order valence-corrected chi connectivity index (χ2v) is 8.10. The fourth-order valence-electron chi connectivity index (χ4n) is 4.23. The van der Waals surface area contributed by atoms with Crippen LogP contribution in [0.1, 0.15) is 80.3 Å². The summed E-state index contributed by atoms with van der Waals surface area (Å²) in [6.45, 7) is 10.9. The summed E-state index contributed by atoms with van der Waals surface area (Å²) in [6.07, 6.45) is 7.50. The van der Waals surface area contributed by atoms with Crippen LogP contribution >= 0.6 is 0 Å². The normalized spacial score (nSPS) is 19.0. The van der Waals surface area contributed by atoms with E-state index in [4.69, 9.17) is 10.5 Å². The van der Waals surface area contributed by atoms with Crippen molar-refractivity contribution < 1.29 is 19.7 Å². The van der Waals surface area contributed by atoms with Gasteiger partial charge in [0.15, 0.2) is 0 Å². The maximum Gasteiger partial charge on any atom is 0.339 e. The van der Waals surface area contributed by atoms with E-state index < -0.39 is 5.97 Å². The number of aryl methyl sites for hydroxylation is 1. The van der Waals surface area contributed by atoms with Gasteiger partial charge in [-0.3, -0.25) is 0 Å². The minimum atomic E-state index is -1.11. The number of allylic oxidation sites excluding steroid dienone is 3. The molecule has 2 rings (SSSR count). The van der Waals surface area contributed by atoms with Crippen molar-refractivity contribution >= 4 is 5.97 Å². The van der Waals surface area contributed by atoms with Gasteiger partial charge < -0.3 is 20.7 Å². The van der Waals surface area contributed by atoms with E-state index in [9.17, 15) is 15.0 Å². The lowest BCUT2D eigenvalue weighted by Crippen LogP contribution is -2.20. The highest BCUT2D eigenvalue weighted by atomic mass is 16.5. The first-order chi connectivity index (χ1) is 13.8. The maximum atomic E-state index is 12.1. The minimum Gasteiger partial charge on any atom is -0.507 e. The van der Waals surface area contributed by atoms with Crippen molar-refractivity contribution in [2.75, 3.05) is 13.2 Å². The van der Waals surface area contributed by atoms with Crippen LogP contribution in [0.4, 0.5) is 0 Å². The molecule has 0 radical (unpaired) electrons. The fraction of sp³-hybridized carbons (Fsp3) is 0.542. The largest absolute Gasteiger partial charge is 0.507 e. The smallest absolute Gasteiger partial charge is 0.339 e. The first kappa shape index (κ1) is 23.0. The number of hydrogen-bond acceptors (Lipinski definition) is 4. The van der Waals surface area contributed by atoms with E-state index in [1.807, 2.05) is 6.92 Å². The van der Waals surface area contributed by atoms with E-state index in [0.29, 0.717) is 36.4 Å². The van der Waals surface area contributed by atoms with Crippen LogP contribution in [0.2, 0.25) is 0 Å². The Morgan fingerprint density at radius 1 is 1.38 bits per heavy atom. The van der Waals surface area contributed by atoms with E-state index in [1.165, 1.54) is 5.57 Å². The molecule has 4 N–H and O–H groups in total. The first-order valence-electron chi connectivity index (χ1n) is 10.6. The molecule has 0 bridgehead atoms. The predicted molar refractivity (Wildman–Crippen MR) is 117 cm³/mol. The molecule has 0 aromatic heterocycles. The van der Waals surface area contributed by atoms with Crippen LogP contribution in [-0.4, -0.2) is 29.3 Å². The first-order valence-corrected chi connectivity index (χ1v) is 10.6. The lowest BCUT2D eigenvalue weighted by atomic mass is 9.73. The second kappa shape index (κ2) is 10.5. The average molecular weight is 402 g/mol. The summed E-state index contributed by atoms with van der Waals surface area (Å²) < 4.78 is 5.93. The van der Waals surface area contributed by atoms with Gasteiger partial charge >= 0.3 is 5.97 Å². The molecule has 1 aromatic carbocycles. The highest BCUT2D eigenvalue weighted by Gasteiger charge is 2.33. The topological polar surface area (TPSA) is 92.8 Å². The number of nitrogens with two attached hydrogens (primary N) is 1. The molecule has 5 heteroatoms. The van der Waals surface area contributed by atoms with Crippen molar-refractivity contribution in [1.82, 2.24) is 0 Å². The number of rotatable bonds is 10. The number of phenols is 1. The van der Waals surface area contributed by atoms with Crippen LogP contribution in [-0.2, 0) is 6.42 Å². The van der Waals surface area contributed by atoms with Crippen molar-refractivity contribution in [1.29, 1.82) is 0 Å². The maximum absolute atomic E-state index is 12.1. The molecule has 2 atom stereocenters. The molecule has 1 aliphatic rings. The van der Waals surface area contributed by atoms with Gasteiger partial charge in [-0.1, -0.05) is 43.6 Å². The van der Waals surface area contributed by atoms with Crippen LogP contribution in [0.25, 0.3) is 0 Å². The fourth-order valence-corrected chi connectivity index (χ4v) is 4.23. The lowest BCUT2D eigenvalue weighted by molar-refractivity contribution is 0.0692. The summed E-state index contributed by atoms with van der Waals surface area (Å²) in [4.78, 5) is 12.1. The second-order valence-electron chi connectivity index (χ2n) is 8.10. The summed E-state index contributed by atoms with van der Waals surface area (Å²) in [5, 5.41) is 21.0. The molecule has 0 aliphatic heterocycles. The Balaban J connectivity index is 2.67. The molecule has 1 aromatic rings. The molecular weight excluding hydrogens is 366 g/mol. The van der Waals surface area contributed by atoms with Gasteiger partial charge in [0, 0.05) is 18.0 Å². The minimum absolute atomic E-state index is 0.00621. The monoisotopic (exact) mass is 401 g/mol. The summed E-state index contributed by atoms with van der Waals surface area (Å²) in [5.74, 6) is -0.800. The number of benzene rings is 1. The molecule has 1 aliphatic carbocycles. The Bertz CT molecular complexity index is 782. The highest BCUT2D eigenvalue weighted by Crippen LogP contribution is 2.48. The molecule has 0 saturated heterocycles. The van der Waals surface area contributed by atoms with E-state index in [2.05, 4.69) is 26.5 Å². The van der Waals surface area contributed by atoms with Crippen molar-refractivity contribution in [3.63, 3.8) is 0 Å². The Labute approximate surface area is 174 Å². The van der Waals surface area contributed by atoms with Gasteiger partial charge in [-0.2, -0.15) is 0 Å². The summed E-state index contributed by atoms with van der Waals surface area (Å²) in [7, 11) is 0. The van der Waals surface area contributed by atoms with E-state index in [1.54, 1.807) is 6.07 Å². The Kier molecular flexibility index (Phi) is 8.32. The van der Waals surface area contributed by atoms with Crippen molar-refractivity contribution in [3.05, 3.63) is 46.6 Å². The zero-order chi connectivity index (χ0) is 21.6. The zero-order valence-electron chi connectivity index (χ0n) is 18.0. The molecule has 29 heavy (non-hydrogen) atoms. The van der Waals surface area contributed by atoms with Crippen LogP contribution < -0.4 is 10.5 Å². The number of hydrogen-bond donors (Lipinski definition) is 3. The van der Waals surface area contributed by atoms with Crippen LogP contribution in [0.3, 0.4) is 0 Å². The number of ether oxygens (including phenoxy) is 1. The van der Waals surface area contributed by atoms with Gasteiger partial charge in [0.1, 0.15) is 23.7 Å². The van der Waals surface area contributed by atoms with E-state index in [-0.39, 0.29) is 23.1 Å². The van der Waals surface area contributed by atoms with E-state index >= 15 is 0 Å². The molecule has 0 spiro atoms. The highest BCUT2D eigenvalue weighted by molar-refractivity contribution is 5.94. The van der Waals surface area contributed by atoms with Crippen molar-refractivity contribution in [3.8, 4) is 11.5 Å². The molecule has 5 nitrogen and oxygen atoms in total. The number of carboxylic acid groups (broad SMARTS) is 1. The zero-order valence-corrected chi connectivity index (χ0v) is 18.0. The predicted octanol–water partition coefficient (Wildman–Crippen LogP) is 5.18. The number of aromatic hydroxyl groups is 1. The Hall–Kier alpha value is -2.27. The van der Waals surface area contributed by atoms with Gasteiger partial charge in [0.25, 0.3) is 0 Å². The molecule has 0 heterocycles. The third-order valence-electron chi connectivity index (χ3n) is 5.74. The Morgan fingerprint density at radius 2 is 2.10 bits per heavy atom. The van der Waals surface area contributed by atoms with Gasteiger partial charge in [-0.05, 0) is 57.1 Å². The summed E-state index contributed by atoms with van der Waals surface area (Å²) in [6, 6.07) is 1.80. The molecular formula is C24H35NO4. The summed E-state index contributed by atoms with van der Waals surface area (Å²) >= 11 is 0. The van der Waals surface area contributed by atoms with Crippen molar-refractivity contribution in [2.24, 2.45) is 11.7 Å². The number of unbranched alkanes of at least 4 members (excludes halogenated alkanes) is 2. The SMILES string of the molecule is C=C(C)C1CCC(C)=CC1c1c(OCCN)cc(CCCCC)c(C(=O)O)c1O. The van der Waals surface area contributed by atoms with Crippen LogP contribution in [0.15, 0.2) is 29.9 Å². The third kappa shape index (κ3) is 5.41.